The highest BCUT2D eigenvalue weighted by atomic mass is 16.3. The fourth-order valence-electron chi connectivity index (χ4n) is 7.79. The summed E-state index contributed by atoms with van der Waals surface area (Å²) in [7, 11) is 0. The van der Waals surface area contributed by atoms with Gasteiger partial charge in [-0.15, -0.1) is 0 Å². The average Bonchev–Trinajstić information content (AvgIpc) is 3.76. The molecule has 270 valence electrons. The number of phenolic OH excluding ortho intramolecular Hbond substituents is 1. The summed E-state index contributed by atoms with van der Waals surface area (Å²) in [4.78, 5) is 10.3. The van der Waals surface area contributed by atoms with Gasteiger partial charge in [-0.1, -0.05) is 133 Å². The monoisotopic (exact) mass is 717 g/mol. The summed E-state index contributed by atoms with van der Waals surface area (Å²) >= 11 is 0. The summed E-state index contributed by atoms with van der Waals surface area (Å²) < 4.78 is 8.92. The van der Waals surface area contributed by atoms with Gasteiger partial charge in [0.2, 0.25) is 0 Å². The predicted octanol–water partition coefficient (Wildman–Crippen LogP) is 13.3. The highest BCUT2D eigenvalue weighted by Gasteiger charge is 2.29. The van der Waals surface area contributed by atoms with Crippen molar-refractivity contribution in [2.75, 3.05) is 0 Å². The van der Waals surface area contributed by atoms with Crippen LogP contribution in [0.25, 0.3) is 83.6 Å². The number of phenols is 1. The van der Waals surface area contributed by atoms with Crippen LogP contribution in [0.1, 0.15) is 52.7 Å². The molecule has 0 amide bonds. The molecule has 9 rings (SSSR count). The molecule has 0 fully saturated rings. The number of aromatic hydroxyl groups is 1. The maximum absolute atomic E-state index is 12.3. The number of hydrogen-bond acceptors (Lipinski definition) is 4. The van der Waals surface area contributed by atoms with Crippen LogP contribution in [0.4, 0.5) is 0 Å². The van der Waals surface area contributed by atoms with Gasteiger partial charge in [0.25, 0.3) is 0 Å². The van der Waals surface area contributed by atoms with Crippen molar-refractivity contribution in [2.24, 2.45) is 0 Å². The SMILES string of the molecule is CC(C)(C)c1cc(-c2nc3c(-c4cc(-c5ccccn5)cc5c4oc4ccccc45)cccc3n2-c2ccccc2-c2ccccc2)c(O)c(C(C)(C)C)c1. The van der Waals surface area contributed by atoms with E-state index in [1.54, 1.807) is 0 Å². The Hall–Kier alpha value is -6.46. The summed E-state index contributed by atoms with van der Waals surface area (Å²) in [5.74, 6) is 0.911. The average molecular weight is 718 g/mol. The van der Waals surface area contributed by atoms with Crippen molar-refractivity contribution in [3.63, 3.8) is 0 Å². The molecule has 0 unspecified atom stereocenters. The van der Waals surface area contributed by atoms with E-state index in [1.807, 2.05) is 48.7 Å². The molecule has 9 aromatic rings. The summed E-state index contributed by atoms with van der Waals surface area (Å²) in [6.07, 6.45) is 1.83. The molecule has 0 atom stereocenters. The Labute approximate surface area is 321 Å². The van der Waals surface area contributed by atoms with E-state index in [2.05, 4.69) is 143 Å². The minimum atomic E-state index is -0.317. The number of pyridine rings is 1. The summed E-state index contributed by atoms with van der Waals surface area (Å²) in [6.45, 7) is 13.1. The van der Waals surface area contributed by atoms with Gasteiger partial charge in [-0.3, -0.25) is 9.55 Å². The van der Waals surface area contributed by atoms with Crippen LogP contribution in [0, 0.1) is 0 Å². The Kier molecular flexibility index (Phi) is 8.01. The molecule has 3 aromatic heterocycles. The second-order valence-electron chi connectivity index (χ2n) is 16.5. The summed E-state index contributed by atoms with van der Waals surface area (Å²) in [5.41, 5.74) is 12.4. The van der Waals surface area contributed by atoms with Gasteiger partial charge in [-0.25, -0.2) is 4.98 Å². The number of imidazole rings is 1. The first-order chi connectivity index (χ1) is 26.5. The van der Waals surface area contributed by atoms with Crippen LogP contribution in [0.15, 0.2) is 150 Å². The molecule has 0 saturated heterocycles. The number of furan rings is 1. The van der Waals surface area contributed by atoms with Gasteiger partial charge >= 0.3 is 0 Å². The fraction of sp³-hybridized carbons (Fsp3) is 0.160. The van der Waals surface area contributed by atoms with Gasteiger partial charge in [0.15, 0.2) is 0 Å². The highest BCUT2D eigenvalue weighted by molar-refractivity contribution is 6.13. The maximum atomic E-state index is 12.3. The first-order valence-electron chi connectivity index (χ1n) is 18.9. The fourth-order valence-corrected chi connectivity index (χ4v) is 7.79. The Morgan fingerprint density at radius 2 is 1.31 bits per heavy atom. The highest BCUT2D eigenvalue weighted by Crippen LogP contribution is 2.46. The van der Waals surface area contributed by atoms with Crippen LogP contribution >= 0.6 is 0 Å². The number of para-hydroxylation sites is 3. The van der Waals surface area contributed by atoms with E-state index in [0.29, 0.717) is 11.4 Å². The molecule has 0 aliphatic heterocycles. The first kappa shape index (κ1) is 34.3. The van der Waals surface area contributed by atoms with Crippen LogP contribution in [0.3, 0.4) is 0 Å². The van der Waals surface area contributed by atoms with Crippen LogP contribution in [0.2, 0.25) is 0 Å². The molecule has 6 aromatic carbocycles. The van der Waals surface area contributed by atoms with E-state index in [0.717, 1.165) is 83.3 Å². The molecule has 3 heterocycles. The zero-order valence-corrected chi connectivity index (χ0v) is 32.1. The number of benzene rings is 6. The lowest BCUT2D eigenvalue weighted by molar-refractivity contribution is 0.446. The second kappa shape index (κ2) is 12.8. The van der Waals surface area contributed by atoms with Gasteiger partial charge in [-0.05, 0) is 70.5 Å². The van der Waals surface area contributed by atoms with Crippen LogP contribution in [0.5, 0.6) is 5.75 Å². The van der Waals surface area contributed by atoms with Crippen molar-refractivity contribution in [1.29, 1.82) is 0 Å². The van der Waals surface area contributed by atoms with Crippen molar-refractivity contribution in [2.45, 2.75) is 52.4 Å². The van der Waals surface area contributed by atoms with Crippen molar-refractivity contribution < 1.29 is 9.52 Å². The Morgan fingerprint density at radius 1 is 0.582 bits per heavy atom. The molecule has 5 nitrogen and oxygen atoms in total. The topological polar surface area (TPSA) is 64.1 Å². The molecule has 0 bridgehead atoms. The van der Waals surface area contributed by atoms with Crippen LogP contribution in [-0.2, 0) is 10.8 Å². The Balaban J connectivity index is 1.42. The number of hydrogen-bond donors (Lipinski definition) is 1. The van der Waals surface area contributed by atoms with E-state index < -0.39 is 0 Å². The van der Waals surface area contributed by atoms with Gasteiger partial charge in [0.05, 0.1) is 28.0 Å². The van der Waals surface area contributed by atoms with E-state index in [1.165, 1.54) is 0 Å². The second-order valence-corrected chi connectivity index (χ2v) is 16.5. The molecule has 0 aliphatic carbocycles. The van der Waals surface area contributed by atoms with E-state index >= 15 is 0 Å². The van der Waals surface area contributed by atoms with Gasteiger partial charge in [0.1, 0.15) is 22.7 Å². The van der Waals surface area contributed by atoms with E-state index in [9.17, 15) is 5.11 Å². The van der Waals surface area contributed by atoms with E-state index in [4.69, 9.17) is 14.4 Å². The van der Waals surface area contributed by atoms with Crippen molar-refractivity contribution in [1.82, 2.24) is 14.5 Å². The van der Waals surface area contributed by atoms with Crippen molar-refractivity contribution in [3.05, 3.63) is 157 Å². The minimum Gasteiger partial charge on any atom is -0.507 e. The number of fused-ring (bicyclic) bond motifs is 4. The maximum Gasteiger partial charge on any atom is 0.149 e. The molecular weight excluding hydrogens is 675 g/mol. The lowest BCUT2D eigenvalue weighted by Gasteiger charge is -2.27. The normalized spacial score (nSPS) is 12.3. The van der Waals surface area contributed by atoms with Gasteiger partial charge in [-0.2, -0.15) is 0 Å². The zero-order valence-electron chi connectivity index (χ0n) is 32.1. The molecule has 0 saturated carbocycles. The molecular formula is C50H43N3O2. The third-order valence-electron chi connectivity index (χ3n) is 10.7. The largest absolute Gasteiger partial charge is 0.507 e. The van der Waals surface area contributed by atoms with Gasteiger partial charge in [0, 0.05) is 44.8 Å². The third kappa shape index (κ3) is 5.88. The Morgan fingerprint density at radius 3 is 2.07 bits per heavy atom. The van der Waals surface area contributed by atoms with Gasteiger partial charge < -0.3 is 9.52 Å². The number of rotatable bonds is 5. The third-order valence-corrected chi connectivity index (χ3v) is 10.7. The van der Waals surface area contributed by atoms with Crippen molar-refractivity contribution >= 4 is 33.0 Å². The number of nitrogens with zero attached hydrogens (tertiary/aromatic N) is 3. The summed E-state index contributed by atoms with van der Waals surface area (Å²) in [6, 6.07) is 48.1. The standard InChI is InChI=1S/C50H43N3O2/c1-49(2,3)33-29-39(46(54)40(30-33)50(4,5)6)48-52-45-36(21-16-24-43(45)53(48)42-23-12-10-19-34(42)31-17-8-7-9-18-31)38-28-32(41-22-14-15-26-51-41)27-37-35-20-11-13-25-44(35)55-47(37)38/h7-30,54H,1-6H3. The number of aromatic nitrogens is 3. The molecule has 55 heavy (non-hydrogen) atoms. The van der Waals surface area contributed by atoms with Crippen LogP contribution < -0.4 is 0 Å². The smallest absolute Gasteiger partial charge is 0.149 e. The lowest BCUT2D eigenvalue weighted by Crippen LogP contribution is -2.17. The summed E-state index contributed by atoms with van der Waals surface area (Å²) in [5, 5.41) is 14.4. The molecule has 5 heteroatoms. The molecule has 0 radical (unpaired) electrons. The molecule has 0 aliphatic rings. The first-order valence-corrected chi connectivity index (χ1v) is 18.9. The molecule has 0 spiro atoms. The van der Waals surface area contributed by atoms with Crippen LogP contribution in [-0.4, -0.2) is 19.6 Å². The zero-order chi connectivity index (χ0) is 38.1. The quantitative estimate of drug-likeness (QED) is 0.192. The minimum absolute atomic E-state index is 0.175. The molecule has 1 N–H and O–H groups in total. The van der Waals surface area contributed by atoms with Crippen molar-refractivity contribution in [3.8, 4) is 56.3 Å². The lowest BCUT2D eigenvalue weighted by atomic mass is 9.79. The van der Waals surface area contributed by atoms with E-state index in [-0.39, 0.29) is 16.6 Å². The predicted molar refractivity (Wildman–Crippen MR) is 227 cm³/mol. The Bertz CT molecular complexity index is 2890.